The van der Waals surface area contributed by atoms with E-state index in [0.717, 1.165) is 5.56 Å². The van der Waals surface area contributed by atoms with Gasteiger partial charge in [0.15, 0.2) is 5.78 Å². The van der Waals surface area contributed by atoms with Gasteiger partial charge in [-0.25, -0.2) is 4.39 Å². The summed E-state index contributed by atoms with van der Waals surface area (Å²) >= 11 is 12.1. The predicted octanol–water partition coefficient (Wildman–Crippen LogP) is 4.15. The molecule has 1 unspecified atom stereocenters. The van der Waals surface area contributed by atoms with E-state index in [2.05, 4.69) is 10.3 Å². The van der Waals surface area contributed by atoms with Crippen molar-refractivity contribution >= 4 is 34.9 Å². The molecule has 0 fully saturated rings. The highest BCUT2D eigenvalue weighted by Gasteiger charge is 2.46. The molecule has 1 heterocycles. The molecule has 2 aromatic rings. The highest BCUT2D eigenvalue weighted by atomic mass is 35.5. The Labute approximate surface area is 154 Å². The molecule has 4 nitrogen and oxygen atoms in total. The van der Waals surface area contributed by atoms with E-state index < -0.39 is 11.6 Å². The van der Waals surface area contributed by atoms with Crippen LogP contribution < -0.4 is 5.32 Å². The summed E-state index contributed by atoms with van der Waals surface area (Å²) in [5, 5.41) is 3.48. The van der Waals surface area contributed by atoms with Crippen molar-refractivity contribution in [1.29, 1.82) is 0 Å². The van der Waals surface area contributed by atoms with Gasteiger partial charge in [0.05, 0.1) is 0 Å². The molecular formula is C18H15Cl2FN2O2. The molecule has 25 heavy (non-hydrogen) atoms. The lowest BCUT2D eigenvalue weighted by atomic mass is 9.81. The number of nitrogens with zero attached hydrogens (tertiary/aromatic N) is 1. The second-order valence-electron chi connectivity index (χ2n) is 5.99. The molecule has 7 heteroatoms. The molecule has 1 amide bonds. The number of carbonyl (C=O) groups is 2. The lowest BCUT2D eigenvalue weighted by molar-refractivity contribution is -0.134. The zero-order chi connectivity index (χ0) is 18.2. The first-order valence-electron chi connectivity index (χ1n) is 7.73. The third-order valence-corrected chi connectivity index (χ3v) is 4.92. The van der Waals surface area contributed by atoms with E-state index in [0.29, 0.717) is 15.6 Å². The average molecular weight is 381 g/mol. The fraction of sp³-hybridized carbons (Fsp3) is 0.278. The molecule has 0 radical (unpaired) electrons. The number of fused-ring (bicyclic) bond motifs is 1. The maximum Gasteiger partial charge on any atom is 0.262 e. The van der Waals surface area contributed by atoms with Gasteiger partial charge in [0.2, 0.25) is 5.67 Å². The number of aromatic nitrogens is 1. The summed E-state index contributed by atoms with van der Waals surface area (Å²) in [4.78, 5) is 28.4. The normalized spacial score (nSPS) is 19.4. The molecule has 1 aromatic heterocycles. The van der Waals surface area contributed by atoms with Gasteiger partial charge in [-0.1, -0.05) is 29.3 Å². The van der Waals surface area contributed by atoms with Crippen LogP contribution in [-0.4, -0.2) is 16.7 Å². The first-order chi connectivity index (χ1) is 11.8. The number of nitrogens with one attached hydrogen (secondary N) is 1. The van der Waals surface area contributed by atoms with Gasteiger partial charge >= 0.3 is 0 Å². The Balaban J connectivity index is 1.85. The molecule has 1 N–H and O–H groups in total. The van der Waals surface area contributed by atoms with Gasteiger partial charge in [-0.3, -0.25) is 14.6 Å². The van der Waals surface area contributed by atoms with Gasteiger partial charge in [-0.15, -0.1) is 0 Å². The number of ketones is 1. The number of Topliss-reactive ketones (excluding diaryl/α,β-unsaturated/α-hetero) is 1. The van der Waals surface area contributed by atoms with Crippen molar-refractivity contribution in [2.24, 2.45) is 0 Å². The standard InChI is InChI=1S/C18H15Cl2FN2O2/c1-10-7-11(19)8-14(20)12(10)9-23-17(25)18(21)5-4-15(24)16-13(18)3-2-6-22-16/h2-3,6-8H,4-5,9H2,1H3,(H,23,25). The Hall–Kier alpha value is -1.98. The van der Waals surface area contributed by atoms with E-state index in [4.69, 9.17) is 23.2 Å². The molecule has 130 valence electrons. The van der Waals surface area contributed by atoms with Crippen LogP contribution in [0.25, 0.3) is 0 Å². The highest BCUT2D eigenvalue weighted by Crippen LogP contribution is 2.38. The Morgan fingerprint density at radius 3 is 2.88 bits per heavy atom. The quantitative estimate of drug-likeness (QED) is 0.869. The van der Waals surface area contributed by atoms with E-state index in [1.54, 1.807) is 12.1 Å². The maximum absolute atomic E-state index is 15.4. The van der Waals surface area contributed by atoms with Gasteiger partial charge in [-0.2, -0.15) is 0 Å². The number of aryl methyl sites for hydroxylation is 1. The van der Waals surface area contributed by atoms with Crippen LogP contribution in [0.2, 0.25) is 10.0 Å². The smallest absolute Gasteiger partial charge is 0.262 e. The number of carbonyl (C=O) groups excluding carboxylic acids is 2. The van der Waals surface area contributed by atoms with Crippen LogP contribution in [0.1, 0.15) is 40.0 Å². The summed E-state index contributed by atoms with van der Waals surface area (Å²) in [5.41, 5.74) is -0.785. The fourth-order valence-electron chi connectivity index (χ4n) is 2.99. The van der Waals surface area contributed by atoms with E-state index in [-0.39, 0.29) is 36.4 Å². The molecule has 1 aliphatic carbocycles. The van der Waals surface area contributed by atoms with Gasteiger partial charge in [-0.05, 0) is 36.2 Å². The Morgan fingerprint density at radius 1 is 1.40 bits per heavy atom. The number of pyridine rings is 1. The second kappa shape index (κ2) is 6.73. The van der Waals surface area contributed by atoms with Crippen molar-refractivity contribution in [3.8, 4) is 0 Å². The Bertz CT molecular complexity index is 849. The fourth-order valence-corrected chi connectivity index (χ4v) is 3.65. The van der Waals surface area contributed by atoms with Crippen molar-refractivity contribution in [3.63, 3.8) is 0 Å². The molecule has 1 aliphatic rings. The maximum atomic E-state index is 15.4. The summed E-state index contributed by atoms with van der Waals surface area (Å²) in [6.45, 7) is 1.87. The summed E-state index contributed by atoms with van der Waals surface area (Å²) in [6, 6.07) is 6.23. The van der Waals surface area contributed by atoms with Crippen LogP contribution in [0, 0.1) is 6.92 Å². The van der Waals surface area contributed by atoms with E-state index in [9.17, 15) is 9.59 Å². The van der Waals surface area contributed by atoms with Gasteiger partial charge < -0.3 is 5.32 Å². The number of amides is 1. The van der Waals surface area contributed by atoms with Gasteiger partial charge in [0, 0.05) is 41.2 Å². The predicted molar refractivity (Wildman–Crippen MR) is 93.6 cm³/mol. The number of alkyl halides is 1. The molecule has 0 bridgehead atoms. The summed E-state index contributed by atoms with van der Waals surface area (Å²) in [7, 11) is 0. The van der Waals surface area contributed by atoms with Crippen LogP contribution in [0.3, 0.4) is 0 Å². The number of hydrogen-bond donors (Lipinski definition) is 1. The summed E-state index contributed by atoms with van der Waals surface area (Å²) < 4.78 is 15.4. The van der Waals surface area contributed by atoms with Crippen LogP contribution in [0.4, 0.5) is 4.39 Å². The van der Waals surface area contributed by atoms with Crippen molar-refractivity contribution < 1.29 is 14.0 Å². The first-order valence-corrected chi connectivity index (χ1v) is 8.49. The van der Waals surface area contributed by atoms with E-state index >= 15 is 4.39 Å². The van der Waals surface area contributed by atoms with E-state index in [1.165, 1.54) is 18.3 Å². The minimum Gasteiger partial charge on any atom is -0.349 e. The van der Waals surface area contributed by atoms with E-state index in [1.807, 2.05) is 6.92 Å². The Kier molecular flexibility index (Phi) is 4.80. The first kappa shape index (κ1) is 17.8. The number of rotatable bonds is 3. The van der Waals surface area contributed by atoms with Gasteiger partial charge in [0.25, 0.3) is 5.91 Å². The summed E-state index contributed by atoms with van der Waals surface area (Å²) in [6.07, 6.45) is 1.15. The van der Waals surface area contributed by atoms with Crippen LogP contribution in [-0.2, 0) is 17.0 Å². The van der Waals surface area contributed by atoms with Crippen molar-refractivity contribution in [1.82, 2.24) is 10.3 Å². The van der Waals surface area contributed by atoms with Gasteiger partial charge in [0.1, 0.15) is 5.69 Å². The lowest BCUT2D eigenvalue weighted by Crippen LogP contribution is -2.44. The molecule has 1 aromatic carbocycles. The monoisotopic (exact) mass is 380 g/mol. The largest absolute Gasteiger partial charge is 0.349 e. The van der Waals surface area contributed by atoms with Crippen LogP contribution in [0.15, 0.2) is 30.5 Å². The van der Waals surface area contributed by atoms with Crippen LogP contribution >= 0.6 is 23.2 Å². The molecule has 0 aliphatic heterocycles. The highest BCUT2D eigenvalue weighted by molar-refractivity contribution is 6.35. The lowest BCUT2D eigenvalue weighted by Gasteiger charge is -2.29. The molecule has 0 saturated carbocycles. The number of halogens is 3. The summed E-state index contributed by atoms with van der Waals surface area (Å²) in [5.74, 6) is -1.06. The minimum atomic E-state index is -2.29. The number of benzene rings is 1. The minimum absolute atomic E-state index is 0.0164. The second-order valence-corrected chi connectivity index (χ2v) is 6.83. The third kappa shape index (κ3) is 3.26. The van der Waals surface area contributed by atoms with Crippen LogP contribution in [0.5, 0.6) is 0 Å². The molecular weight excluding hydrogens is 366 g/mol. The van der Waals surface area contributed by atoms with Crippen molar-refractivity contribution in [2.75, 3.05) is 0 Å². The number of hydrogen-bond acceptors (Lipinski definition) is 3. The van der Waals surface area contributed by atoms with Crippen molar-refractivity contribution in [3.05, 3.63) is 62.9 Å². The molecule has 1 atom stereocenters. The Morgan fingerprint density at radius 2 is 2.16 bits per heavy atom. The topological polar surface area (TPSA) is 59.1 Å². The molecule has 3 rings (SSSR count). The molecule has 0 spiro atoms. The van der Waals surface area contributed by atoms with Crippen molar-refractivity contribution in [2.45, 2.75) is 32.0 Å². The zero-order valence-corrected chi connectivity index (χ0v) is 14.9. The zero-order valence-electron chi connectivity index (χ0n) is 13.4. The SMILES string of the molecule is Cc1cc(Cl)cc(Cl)c1CNC(=O)C1(F)CCC(=O)c2ncccc21. The molecule has 0 saturated heterocycles. The average Bonchev–Trinajstić information content (AvgIpc) is 2.57. The third-order valence-electron chi connectivity index (χ3n) is 4.36.